The van der Waals surface area contributed by atoms with Crippen molar-refractivity contribution >= 4 is 5.91 Å². The van der Waals surface area contributed by atoms with Crippen LogP contribution in [0.5, 0.6) is 0 Å². The molecule has 1 atom stereocenters. The van der Waals surface area contributed by atoms with E-state index in [0.29, 0.717) is 32.6 Å². The summed E-state index contributed by atoms with van der Waals surface area (Å²) in [6.07, 6.45) is 3.94. The number of carbonyl (C=O) groups excluding carboxylic acids is 1. The third-order valence-corrected chi connectivity index (χ3v) is 6.57. The van der Waals surface area contributed by atoms with Gasteiger partial charge in [-0.15, -0.1) is 10.1 Å². The van der Waals surface area contributed by atoms with Gasteiger partial charge in [-0.25, -0.2) is 0 Å². The van der Waals surface area contributed by atoms with Crippen LogP contribution in [0.4, 0.5) is 0 Å². The van der Waals surface area contributed by atoms with Crippen LogP contribution in [-0.4, -0.2) is 134 Å². The van der Waals surface area contributed by atoms with Crippen molar-refractivity contribution in [2.24, 2.45) is 0 Å². The summed E-state index contributed by atoms with van der Waals surface area (Å²) in [7, 11) is 2.09. The van der Waals surface area contributed by atoms with Crippen LogP contribution in [0.15, 0.2) is 0 Å². The van der Waals surface area contributed by atoms with Crippen LogP contribution in [0.1, 0.15) is 25.7 Å². The highest BCUT2D eigenvalue weighted by molar-refractivity contribution is 5.76. The molecule has 0 aliphatic carbocycles. The molecule has 3 aliphatic heterocycles. The van der Waals surface area contributed by atoms with Crippen LogP contribution >= 0.6 is 0 Å². The van der Waals surface area contributed by atoms with Crippen molar-refractivity contribution in [3.05, 3.63) is 10.1 Å². The van der Waals surface area contributed by atoms with Crippen molar-refractivity contribution in [1.29, 1.82) is 0 Å². The summed E-state index contributed by atoms with van der Waals surface area (Å²) in [5.74, 6) is 0.232. The number of rotatable bonds is 9. The molecule has 0 spiro atoms. The molecule has 3 aliphatic rings. The molecule has 0 aromatic carbocycles. The third kappa shape index (κ3) is 7.64. The molecule has 10 heteroatoms. The van der Waals surface area contributed by atoms with Crippen molar-refractivity contribution in [2.45, 2.75) is 31.8 Å². The molecule has 3 heterocycles. The van der Waals surface area contributed by atoms with E-state index >= 15 is 0 Å². The summed E-state index contributed by atoms with van der Waals surface area (Å²) >= 11 is 0. The molecule has 10 nitrogen and oxygen atoms in total. The average molecular weight is 427 g/mol. The lowest BCUT2D eigenvalue weighted by molar-refractivity contribution is -0.768. The summed E-state index contributed by atoms with van der Waals surface area (Å²) < 4.78 is 0. The maximum atomic E-state index is 12.6. The molecule has 3 rings (SSSR count). The molecule has 0 aromatic rings. The van der Waals surface area contributed by atoms with E-state index in [2.05, 4.69) is 26.6 Å². The number of hydrogen-bond donors (Lipinski definition) is 0. The Labute approximate surface area is 179 Å². The van der Waals surface area contributed by atoms with Crippen LogP contribution in [0.3, 0.4) is 0 Å². The summed E-state index contributed by atoms with van der Waals surface area (Å²) in [5.41, 5.74) is 0. The molecule has 0 N–H and O–H groups in total. The second kappa shape index (κ2) is 11.8. The van der Waals surface area contributed by atoms with Crippen LogP contribution in [0.2, 0.25) is 0 Å². The molecule has 3 saturated heterocycles. The fourth-order valence-corrected chi connectivity index (χ4v) is 4.63. The molecule has 1 amide bonds. The van der Waals surface area contributed by atoms with E-state index in [-0.39, 0.29) is 5.91 Å². The van der Waals surface area contributed by atoms with Gasteiger partial charge in [-0.05, 0) is 33.0 Å². The van der Waals surface area contributed by atoms with Gasteiger partial charge < -0.3 is 19.5 Å². The first kappa shape index (κ1) is 23.2. The Morgan fingerprint density at radius 3 is 2.00 bits per heavy atom. The lowest BCUT2D eigenvalue weighted by Crippen LogP contribution is -2.53. The number of carbonyl (C=O) groups is 1. The quantitative estimate of drug-likeness (QED) is 0.371. The minimum atomic E-state index is -0.666. The SMILES string of the molecule is CN1CCN(CC(CN2CCN(C(=O)CCN3CCCCC3)CC2)O[N+](=O)[O-])CC1. The summed E-state index contributed by atoms with van der Waals surface area (Å²) in [5, 5.41) is 10.3. The highest BCUT2D eigenvalue weighted by atomic mass is 17.0. The van der Waals surface area contributed by atoms with Crippen LogP contribution in [0.25, 0.3) is 0 Å². The van der Waals surface area contributed by atoms with E-state index in [1.54, 1.807) is 0 Å². The van der Waals surface area contributed by atoms with E-state index in [0.717, 1.165) is 58.9 Å². The van der Waals surface area contributed by atoms with Gasteiger partial charge in [-0.1, -0.05) is 6.42 Å². The Balaban J connectivity index is 1.38. The fraction of sp³-hybridized carbons (Fsp3) is 0.950. The van der Waals surface area contributed by atoms with E-state index in [1.165, 1.54) is 19.3 Å². The fourth-order valence-electron chi connectivity index (χ4n) is 4.63. The Morgan fingerprint density at radius 2 is 1.43 bits per heavy atom. The van der Waals surface area contributed by atoms with Gasteiger partial charge in [0.2, 0.25) is 5.91 Å². The zero-order valence-electron chi connectivity index (χ0n) is 18.4. The van der Waals surface area contributed by atoms with Gasteiger partial charge in [-0.3, -0.25) is 14.6 Å². The Hall–Kier alpha value is -1.49. The lowest BCUT2D eigenvalue weighted by Gasteiger charge is -2.38. The van der Waals surface area contributed by atoms with Gasteiger partial charge in [0.15, 0.2) is 0 Å². The predicted molar refractivity (Wildman–Crippen MR) is 114 cm³/mol. The molecule has 172 valence electrons. The van der Waals surface area contributed by atoms with Crippen LogP contribution < -0.4 is 0 Å². The third-order valence-electron chi connectivity index (χ3n) is 6.57. The highest BCUT2D eigenvalue weighted by Gasteiger charge is 2.27. The maximum absolute atomic E-state index is 12.6. The summed E-state index contributed by atoms with van der Waals surface area (Å²) in [4.78, 5) is 39.6. The number of nitrogens with zero attached hydrogens (tertiary/aromatic N) is 6. The number of amides is 1. The first-order chi connectivity index (χ1) is 14.5. The summed E-state index contributed by atoms with van der Waals surface area (Å²) in [6.45, 7) is 10.9. The Morgan fingerprint density at radius 1 is 0.867 bits per heavy atom. The molecule has 30 heavy (non-hydrogen) atoms. The lowest BCUT2D eigenvalue weighted by atomic mass is 10.1. The number of likely N-dealkylation sites (N-methyl/N-ethyl adjacent to an activating group) is 1. The smallest absolute Gasteiger partial charge is 0.294 e. The van der Waals surface area contributed by atoms with E-state index in [4.69, 9.17) is 4.84 Å². The molecule has 0 aromatic heterocycles. The molecule has 0 bridgehead atoms. The molecule has 0 saturated carbocycles. The van der Waals surface area contributed by atoms with Crippen molar-refractivity contribution in [3.63, 3.8) is 0 Å². The minimum absolute atomic E-state index is 0.232. The van der Waals surface area contributed by atoms with Gasteiger partial charge in [-0.2, -0.15) is 0 Å². The van der Waals surface area contributed by atoms with Crippen LogP contribution in [-0.2, 0) is 9.63 Å². The average Bonchev–Trinajstić information content (AvgIpc) is 2.74. The molecule has 0 radical (unpaired) electrons. The van der Waals surface area contributed by atoms with Crippen molar-refractivity contribution in [2.75, 3.05) is 92.1 Å². The van der Waals surface area contributed by atoms with E-state index in [1.807, 2.05) is 4.90 Å². The summed E-state index contributed by atoms with van der Waals surface area (Å²) in [6, 6.07) is 0. The minimum Gasteiger partial charge on any atom is -0.340 e. The van der Waals surface area contributed by atoms with Gasteiger partial charge in [0.25, 0.3) is 5.09 Å². The highest BCUT2D eigenvalue weighted by Crippen LogP contribution is 2.11. The second-order valence-electron chi connectivity index (χ2n) is 8.89. The largest absolute Gasteiger partial charge is 0.340 e. The zero-order valence-corrected chi connectivity index (χ0v) is 18.4. The van der Waals surface area contributed by atoms with Crippen molar-refractivity contribution in [1.82, 2.24) is 24.5 Å². The zero-order chi connectivity index (χ0) is 21.3. The standard InChI is InChI=1S/C20H38N6O4/c1-21-9-11-23(12-10-21)17-19(30-26(28)29)18-24-13-15-25(16-14-24)20(27)5-8-22-6-3-2-4-7-22/h19H,2-18H2,1H3. The normalized spacial score (nSPS) is 24.0. The second-order valence-corrected chi connectivity index (χ2v) is 8.89. The maximum Gasteiger partial charge on any atom is 0.294 e. The van der Waals surface area contributed by atoms with Crippen LogP contribution in [0, 0.1) is 10.1 Å². The predicted octanol–water partition coefficient (Wildman–Crippen LogP) is -0.169. The molecular formula is C20H38N6O4. The Bertz CT molecular complexity index is 543. The monoisotopic (exact) mass is 426 g/mol. The van der Waals surface area contributed by atoms with E-state index < -0.39 is 11.2 Å². The topological polar surface area (TPSA) is 85.6 Å². The van der Waals surface area contributed by atoms with Gasteiger partial charge in [0, 0.05) is 78.4 Å². The molecule has 3 fully saturated rings. The van der Waals surface area contributed by atoms with Gasteiger partial charge >= 0.3 is 0 Å². The first-order valence-electron chi connectivity index (χ1n) is 11.4. The Kier molecular flexibility index (Phi) is 9.10. The number of piperazine rings is 2. The van der Waals surface area contributed by atoms with Crippen molar-refractivity contribution in [3.8, 4) is 0 Å². The first-order valence-corrected chi connectivity index (χ1v) is 11.4. The van der Waals surface area contributed by atoms with E-state index in [9.17, 15) is 14.9 Å². The molecular weight excluding hydrogens is 388 g/mol. The number of likely N-dealkylation sites (tertiary alicyclic amines) is 1. The number of piperidine rings is 1. The number of hydrogen-bond acceptors (Lipinski definition) is 8. The van der Waals surface area contributed by atoms with Gasteiger partial charge in [0.1, 0.15) is 6.10 Å². The van der Waals surface area contributed by atoms with Gasteiger partial charge in [0.05, 0.1) is 0 Å². The van der Waals surface area contributed by atoms with Crippen molar-refractivity contribution < 1.29 is 14.7 Å². The molecule has 1 unspecified atom stereocenters.